The largest absolute Gasteiger partial charge is 0.295 e. The normalized spacial score (nSPS) is 20.7. The van der Waals surface area contributed by atoms with Crippen molar-refractivity contribution < 1.29 is 14.4 Å². The van der Waals surface area contributed by atoms with Gasteiger partial charge in [0.05, 0.1) is 11.3 Å². The van der Waals surface area contributed by atoms with Crippen LogP contribution in [0, 0.1) is 6.92 Å². The van der Waals surface area contributed by atoms with E-state index >= 15 is 0 Å². The molecule has 0 aliphatic carbocycles. The Morgan fingerprint density at radius 2 is 2.00 bits per heavy atom. The Morgan fingerprint density at radius 1 is 1.18 bits per heavy atom. The molecule has 1 atom stereocenters. The lowest BCUT2D eigenvalue weighted by atomic mass is 10.0. The third kappa shape index (κ3) is 1.68. The van der Waals surface area contributed by atoms with Crippen molar-refractivity contribution in [3.05, 3.63) is 41.5 Å². The smallest absolute Gasteiger partial charge is 0.259 e. The second-order valence-corrected chi connectivity index (χ2v) is 5.83. The molecule has 22 heavy (non-hydrogen) atoms. The Morgan fingerprint density at radius 3 is 2.77 bits per heavy atom. The molecule has 2 aromatic carbocycles. The highest BCUT2D eigenvalue weighted by Crippen LogP contribution is 2.40. The number of imide groups is 1. The molecule has 0 radical (unpaired) electrons. The number of anilines is 1. The predicted molar refractivity (Wildman–Crippen MR) is 81.7 cm³/mol. The van der Waals surface area contributed by atoms with Crippen molar-refractivity contribution >= 4 is 34.2 Å². The Labute approximate surface area is 126 Å². The number of piperidine rings is 1. The molecule has 2 aromatic rings. The van der Waals surface area contributed by atoms with E-state index in [4.69, 9.17) is 0 Å². The van der Waals surface area contributed by atoms with Crippen LogP contribution in [0.15, 0.2) is 30.3 Å². The van der Waals surface area contributed by atoms with Gasteiger partial charge < -0.3 is 0 Å². The van der Waals surface area contributed by atoms with Crippen LogP contribution in [0.25, 0.3) is 10.8 Å². The monoisotopic (exact) mass is 294 g/mol. The number of benzene rings is 2. The van der Waals surface area contributed by atoms with Crippen molar-refractivity contribution in [2.24, 2.45) is 0 Å². The molecular formula is C17H14N2O3. The van der Waals surface area contributed by atoms with Gasteiger partial charge in [-0.2, -0.15) is 0 Å². The quantitative estimate of drug-likeness (QED) is 0.817. The minimum Gasteiger partial charge on any atom is -0.295 e. The molecule has 1 N–H and O–H groups in total. The standard InChI is InChI=1S/C17H14N2O3/c1-9-7-10-3-2-4-12-15(10)11(8-9)17(22)19(12)13-5-6-14(20)18-16(13)21/h2-4,7-8,13H,5-6H2,1H3,(H,18,20,21). The molecule has 2 aliphatic heterocycles. The van der Waals surface area contributed by atoms with E-state index in [1.54, 1.807) is 4.90 Å². The fourth-order valence-electron chi connectivity index (χ4n) is 3.40. The van der Waals surface area contributed by atoms with Crippen molar-refractivity contribution in [1.82, 2.24) is 5.32 Å². The van der Waals surface area contributed by atoms with Gasteiger partial charge in [0.2, 0.25) is 11.8 Å². The van der Waals surface area contributed by atoms with Crippen LogP contribution in [0.5, 0.6) is 0 Å². The highest BCUT2D eigenvalue weighted by atomic mass is 16.2. The van der Waals surface area contributed by atoms with E-state index < -0.39 is 11.9 Å². The third-order valence-corrected chi connectivity index (χ3v) is 4.33. The van der Waals surface area contributed by atoms with Gasteiger partial charge >= 0.3 is 0 Å². The topological polar surface area (TPSA) is 66.5 Å². The van der Waals surface area contributed by atoms with Crippen molar-refractivity contribution in [3.63, 3.8) is 0 Å². The summed E-state index contributed by atoms with van der Waals surface area (Å²) in [5, 5.41) is 4.21. The van der Waals surface area contributed by atoms with Gasteiger partial charge in [-0.1, -0.05) is 18.2 Å². The molecule has 3 amide bonds. The lowest BCUT2D eigenvalue weighted by Crippen LogP contribution is -2.53. The first-order valence-corrected chi connectivity index (χ1v) is 7.27. The van der Waals surface area contributed by atoms with Crippen molar-refractivity contribution in [2.75, 3.05) is 4.90 Å². The fourth-order valence-corrected chi connectivity index (χ4v) is 3.40. The van der Waals surface area contributed by atoms with Gasteiger partial charge in [-0.05, 0) is 36.4 Å². The predicted octanol–water partition coefficient (Wildman–Crippen LogP) is 1.91. The Bertz CT molecular complexity index is 856. The van der Waals surface area contributed by atoms with Gasteiger partial charge in [-0.15, -0.1) is 0 Å². The van der Waals surface area contributed by atoms with Crippen LogP contribution in [-0.2, 0) is 9.59 Å². The number of hydrogen-bond acceptors (Lipinski definition) is 3. The number of amides is 3. The van der Waals surface area contributed by atoms with Gasteiger partial charge in [0.15, 0.2) is 0 Å². The first-order chi connectivity index (χ1) is 10.6. The maximum atomic E-state index is 12.8. The third-order valence-electron chi connectivity index (χ3n) is 4.33. The van der Waals surface area contributed by atoms with Crippen molar-refractivity contribution in [2.45, 2.75) is 25.8 Å². The van der Waals surface area contributed by atoms with E-state index in [1.165, 1.54) is 0 Å². The second-order valence-electron chi connectivity index (χ2n) is 5.83. The maximum absolute atomic E-state index is 12.8. The zero-order valence-corrected chi connectivity index (χ0v) is 12.1. The van der Waals surface area contributed by atoms with Gasteiger partial charge in [0.25, 0.3) is 5.91 Å². The van der Waals surface area contributed by atoms with Crippen molar-refractivity contribution in [1.29, 1.82) is 0 Å². The highest BCUT2D eigenvalue weighted by Gasteiger charge is 2.40. The average molecular weight is 294 g/mol. The summed E-state index contributed by atoms with van der Waals surface area (Å²) >= 11 is 0. The number of aryl methyl sites for hydroxylation is 1. The average Bonchev–Trinajstić information content (AvgIpc) is 2.74. The minimum atomic E-state index is -0.622. The summed E-state index contributed by atoms with van der Waals surface area (Å²) in [4.78, 5) is 37.8. The zero-order valence-electron chi connectivity index (χ0n) is 12.1. The molecule has 0 bridgehead atoms. The molecule has 110 valence electrons. The van der Waals surface area contributed by atoms with Crippen LogP contribution in [0.4, 0.5) is 5.69 Å². The first-order valence-electron chi connectivity index (χ1n) is 7.27. The van der Waals surface area contributed by atoms with Crippen LogP contribution in [0.2, 0.25) is 0 Å². The molecule has 0 aromatic heterocycles. The molecule has 5 heteroatoms. The second kappa shape index (κ2) is 4.40. The summed E-state index contributed by atoms with van der Waals surface area (Å²) in [6, 6.07) is 8.98. The molecule has 4 rings (SSSR count). The molecule has 2 aliphatic rings. The number of carbonyl (C=O) groups is 3. The molecule has 1 unspecified atom stereocenters. The molecule has 1 saturated heterocycles. The van der Waals surface area contributed by atoms with Gasteiger partial charge in [0, 0.05) is 11.8 Å². The van der Waals surface area contributed by atoms with E-state index in [0.29, 0.717) is 12.0 Å². The SMILES string of the molecule is Cc1cc2c3c(cccc3c1)N(C1CCC(=O)NC1=O)C2=O. The van der Waals surface area contributed by atoms with E-state index in [0.717, 1.165) is 22.0 Å². The lowest BCUT2D eigenvalue weighted by Gasteiger charge is -2.30. The Balaban J connectivity index is 1.88. The summed E-state index contributed by atoms with van der Waals surface area (Å²) in [6.45, 7) is 1.95. The lowest BCUT2D eigenvalue weighted by molar-refractivity contribution is -0.134. The van der Waals surface area contributed by atoms with Crippen LogP contribution in [0.3, 0.4) is 0 Å². The summed E-state index contributed by atoms with van der Waals surface area (Å²) in [5.41, 5.74) is 2.40. The number of nitrogens with one attached hydrogen (secondary N) is 1. The highest BCUT2D eigenvalue weighted by molar-refractivity contribution is 6.27. The van der Waals surface area contributed by atoms with Gasteiger partial charge in [0.1, 0.15) is 6.04 Å². The Hall–Kier alpha value is -2.69. The molecule has 0 saturated carbocycles. The summed E-state index contributed by atoms with van der Waals surface area (Å²) in [6.07, 6.45) is 0.616. The summed E-state index contributed by atoms with van der Waals surface area (Å²) in [5.74, 6) is -0.838. The first kappa shape index (κ1) is 13.0. The molecular weight excluding hydrogens is 280 g/mol. The van der Waals surface area contributed by atoms with E-state index in [1.807, 2.05) is 37.3 Å². The fraction of sp³-hybridized carbons (Fsp3) is 0.235. The zero-order chi connectivity index (χ0) is 15.4. The maximum Gasteiger partial charge on any atom is 0.259 e. The van der Waals surface area contributed by atoms with E-state index in [2.05, 4.69) is 5.32 Å². The Kier molecular flexibility index (Phi) is 2.60. The van der Waals surface area contributed by atoms with E-state index in [-0.39, 0.29) is 18.2 Å². The minimum absolute atomic E-state index is 0.163. The van der Waals surface area contributed by atoms with Crippen LogP contribution in [0.1, 0.15) is 28.8 Å². The number of carbonyl (C=O) groups excluding carboxylic acids is 3. The van der Waals surface area contributed by atoms with Crippen LogP contribution in [-0.4, -0.2) is 23.8 Å². The number of hydrogen-bond donors (Lipinski definition) is 1. The van der Waals surface area contributed by atoms with Crippen LogP contribution < -0.4 is 10.2 Å². The van der Waals surface area contributed by atoms with E-state index in [9.17, 15) is 14.4 Å². The van der Waals surface area contributed by atoms with Gasteiger partial charge in [-0.3, -0.25) is 24.6 Å². The molecule has 2 heterocycles. The van der Waals surface area contributed by atoms with Gasteiger partial charge in [-0.25, -0.2) is 0 Å². The number of rotatable bonds is 1. The number of nitrogens with zero attached hydrogens (tertiary/aromatic N) is 1. The van der Waals surface area contributed by atoms with Crippen molar-refractivity contribution in [3.8, 4) is 0 Å². The summed E-state index contributed by atoms with van der Waals surface area (Å²) < 4.78 is 0. The summed E-state index contributed by atoms with van der Waals surface area (Å²) in [7, 11) is 0. The molecule has 0 spiro atoms. The molecule has 5 nitrogen and oxygen atoms in total. The van der Waals surface area contributed by atoms with Crippen LogP contribution >= 0.6 is 0 Å². The molecule has 1 fully saturated rings.